The highest BCUT2D eigenvalue weighted by atomic mass is 14.7. The summed E-state index contributed by atoms with van der Waals surface area (Å²) < 4.78 is 0. The van der Waals surface area contributed by atoms with Gasteiger partial charge in [0.1, 0.15) is 0 Å². The molecule has 0 amide bonds. The topological polar surface area (TPSA) is 0 Å². The molecule has 0 radical (unpaired) electrons. The molecule has 14 heavy (non-hydrogen) atoms. The maximum atomic E-state index is 2.46. The second-order valence-electron chi connectivity index (χ2n) is 6.48. The average Bonchev–Trinajstić information content (AvgIpc) is 2.94. The quantitative estimate of drug-likeness (QED) is 0.615. The molecule has 2 fully saturated rings. The molecule has 0 aromatic rings. The predicted molar refractivity (Wildman–Crippen MR) is 62.0 cm³/mol. The van der Waals surface area contributed by atoms with Crippen molar-refractivity contribution in [2.75, 3.05) is 0 Å². The van der Waals surface area contributed by atoms with Gasteiger partial charge in [0, 0.05) is 0 Å². The predicted octanol–water partition coefficient (Wildman–Crippen LogP) is 4.21. The van der Waals surface area contributed by atoms with Gasteiger partial charge in [-0.2, -0.15) is 0 Å². The Morgan fingerprint density at radius 1 is 1.00 bits per heavy atom. The highest BCUT2D eigenvalue weighted by Gasteiger charge is 2.69. The van der Waals surface area contributed by atoms with Gasteiger partial charge in [0.25, 0.3) is 0 Å². The Morgan fingerprint density at radius 2 is 1.57 bits per heavy atom. The standard InChI is InChI=1S/C14H26/c1-8(2)10(4)6-9(3)7-12-13-11(5)14(12)13/h8-14H,6-7H2,1-5H3. The lowest BCUT2D eigenvalue weighted by atomic mass is 9.84. The number of hydrogen-bond acceptors (Lipinski definition) is 0. The van der Waals surface area contributed by atoms with Crippen molar-refractivity contribution in [1.29, 1.82) is 0 Å². The maximum absolute atomic E-state index is 2.46. The van der Waals surface area contributed by atoms with E-state index in [0.717, 1.165) is 29.6 Å². The summed E-state index contributed by atoms with van der Waals surface area (Å²) in [7, 11) is 0. The summed E-state index contributed by atoms with van der Waals surface area (Å²) in [5.74, 6) is 7.35. The molecule has 0 heterocycles. The first-order valence-electron chi connectivity index (χ1n) is 6.52. The molecule has 0 aliphatic heterocycles. The normalized spacial score (nSPS) is 43.3. The van der Waals surface area contributed by atoms with E-state index in [0.29, 0.717) is 0 Å². The van der Waals surface area contributed by atoms with Gasteiger partial charge in [0.15, 0.2) is 0 Å². The summed E-state index contributed by atoms with van der Waals surface area (Å²) in [4.78, 5) is 0. The third kappa shape index (κ3) is 1.85. The van der Waals surface area contributed by atoms with E-state index in [-0.39, 0.29) is 0 Å². The first kappa shape index (κ1) is 10.5. The first-order chi connectivity index (χ1) is 6.52. The Hall–Kier alpha value is 0. The van der Waals surface area contributed by atoms with Crippen molar-refractivity contribution < 1.29 is 0 Å². The van der Waals surface area contributed by atoms with Crippen molar-refractivity contribution in [3.05, 3.63) is 0 Å². The van der Waals surface area contributed by atoms with Crippen LogP contribution >= 0.6 is 0 Å². The lowest BCUT2D eigenvalue weighted by molar-refractivity contribution is 0.293. The summed E-state index contributed by atoms with van der Waals surface area (Å²) in [6.45, 7) is 12.0. The van der Waals surface area contributed by atoms with Crippen LogP contribution < -0.4 is 0 Å². The van der Waals surface area contributed by atoms with Crippen LogP contribution in [-0.4, -0.2) is 0 Å². The van der Waals surface area contributed by atoms with Crippen molar-refractivity contribution in [1.82, 2.24) is 0 Å². The van der Waals surface area contributed by atoms with E-state index in [1.165, 1.54) is 24.7 Å². The van der Waals surface area contributed by atoms with E-state index in [9.17, 15) is 0 Å². The Labute approximate surface area is 89.5 Å². The van der Waals surface area contributed by atoms with Crippen LogP contribution in [0.5, 0.6) is 0 Å². The molecule has 0 nitrogen and oxygen atoms in total. The molecule has 0 aromatic carbocycles. The summed E-state index contributed by atoms with van der Waals surface area (Å²) in [5.41, 5.74) is 0. The molecule has 4 unspecified atom stereocenters. The number of rotatable bonds is 5. The molecule has 0 saturated heterocycles. The van der Waals surface area contributed by atoms with Crippen LogP contribution in [0.1, 0.15) is 47.5 Å². The maximum Gasteiger partial charge on any atom is -0.0320 e. The third-order valence-corrected chi connectivity index (χ3v) is 4.95. The Morgan fingerprint density at radius 3 is 2.00 bits per heavy atom. The summed E-state index contributed by atoms with van der Waals surface area (Å²) in [5, 5.41) is 0. The molecule has 4 atom stereocenters. The molecule has 2 rings (SSSR count). The molecule has 2 aliphatic carbocycles. The van der Waals surface area contributed by atoms with E-state index < -0.39 is 0 Å². The molecular weight excluding hydrogens is 168 g/mol. The SMILES string of the molecule is CC(CC(C)C(C)C)CC1C2C(C)C12. The van der Waals surface area contributed by atoms with Crippen LogP contribution in [0.4, 0.5) is 0 Å². The Bertz CT molecular complexity index is 196. The van der Waals surface area contributed by atoms with Crippen LogP contribution in [0.2, 0.25) is 0 Å². The van der Waals surface area contributed by atoms with Crippen LogP contribution in [-0.2, 0) is 0 Å². The van der Waals surface area contributed by atoms with Crippen LogP contribution in [0.3, 0.4) is 0 Å². The third-order valence-electron chi connectivity index (χ3n) is 4.95. The zero-order valence-electron chi connectivity index (χ0n) is 10.5. The van der Waals surface area contributed by atoms with Crippen molar-refractivity contribution in [3.63, 3.8) is 0 Å². The van der Waals surface area contributed by atoms with Gasteiger partial charge in [-0.1, -0.05) is 34.6 Å². The fourth-order valence-electron chi connectivity index (χ4n) is 3.37. The van der Waals surface area contributed by atoms with E-state index in [1.807, 2.05) is 0 Å². The fraction of sp³-hybridized carbons (Fsp3) is 1.00. The largest absolute Gasteiger partial charge is 0.0625 e. The highest BCUT2D eigenvalue weighted by Crippen LogP contribution is 2.74. The Balaban J connectivity index is 1.62. The average molecular weight is 194 g/mol. The zero-order chi connectivity index (χ0) is 10.5. The summed E-state index contributed by atoms with van der Waals surface area (Å²) in [6.07, 6.45) is 2.97. The van der Waals surface area contributed by atoms with E-state index in [4.69, 9.17) is 0 Å². The number of hydrogen-bond donors (Lipinski definition) is 0. The van der Waals surface area contributed by atoms with Gasteiger partial charge in [-0.15, -0.1) is 0 Å². The molecular formula is C14H26. The highest BCUT2D eigenvalue weighted by molar-refractivity contribution is 5.17. The second kappa shape index (κ2) is 3.54. The molecule has 2 aliphatic rings. The van der Waals surface area contributed by atoms with Crippen LogP contribution in [0.25, 0.3) is 0 Å². The van der Waals surface area contributed by atoms with Gasteiger partial charge in [-0.3, -0.25) is 0 Å². The van der Waals surface area contributed by atoms with Crippen molar-refractivity contribution in [2.45, 2.75) is 47.5 Å². The van der Waals surface area contributed by atoms with Crippen molar-refractivity contribution in [2.24, 2.45) is 41.4 Å². The Kier molecular flexibility index (Phi) is 2.66. The molecule has 0 bridgehead atoms. The smallest absolute Gasteiger partial charge is 0.0320 e. The van der Waals surface area contributed by atoms with E-state index >= 15 is 0 Å². The molecule has 0 spiro atoms. The van der Waals surface area contributed by atoms with Gasteiger partial charge in [0.2, 0.25) is 0 Å². The zero-order valence-corrected chi connectivity index (χ0v) is 10.5. The van der Waals surface area contributed by atoms with Crippen LogP contribution in [0.15, 0.2) is 0 Å². The molecule has 0 aromatic heterocycles. The molecule has 82 valence electrons. The fourth-order valence-corrected chi connectivity index (χ4v) is 3.37. The first-order valence-corrected chi connectivity index (χ1v) is 6.52. The van der Waals surface area contributed by atoms with Crippen LogP contribution in [0, 0.1) is 41.4 Å². The minimum atomic E-state index is 0.866. The van der Waals surface area contributed by atoms with Gasteiger partial charge in [0.05, 0.1) is 0 Å². The lowest BCUT2D eigenvalue weighted by Crippen LogP contribution is -2.11. The molecule has 0 heteroatoms. The second-order valence-corrected chi connectivity index (χ2v) is 6.48. The van der Waals surface area contributed by atoms with Gasteiger partial charge >= 0.3 is 0 Å². The molecule has 0 N–H and O–H groups in total. The van der Waals surface area contributed by atoms with Gasteiger partial charge < -0.3 is 0 Å². The number of fused-ring (bicyclic) bond motifs is 1. The lowest BCUT2D eigenvalue weighted by Gasteiger charge is -2.21. The van der Waals surface area contributed by atoms with Crippen molar-refractivity contribution in [3.8, 4) is 0 Å². The van der Waals surface area contributed by atoms with E-state index in [1.54, 1.807) is 0 Å². The summed E-state index contributed by atoms with van der Waals surface area (Å²) in [6, 6.07) is 0. The monoisotopic (exact) mass is 194 g/mol. The van der Waals surface area contributed by atoms with Crippen molar-refractivity contribution >= 4 is 0 Å². The van der Waals surface area contributed by atoms with Gasteiger partial charge in [-0.25, -0.2) is 0 Å². The minimum Gasteiger partial charge on any atom is -0.0625 e. The van der Waals surface area contributed by atoms with Gasteiger partial charge in [-0.05, 0) is 54.3 Å². The molecule has 2 saturated carbocycles. The minimum absolute atomic E-state index is 0.866. The van der Waals surface area contributed by atoms with E-state index in [2.05, 4.69) is 34.6 Å². The summed E-state index contributed by atoms with van der Waals surface area (Å²) >= 11 is 0.